The van der Waals surface area contributed by atoms with Crippen molar-refractivity contribution in [3.63, 3.8) is 0 Å². The molecule has 1 aliphatic heterocycles. The first-order chi connectivity index (χ1) is 9.55. The molecule has 112 valence electrons. The van der Waals surface area contributed by atoms with Crippen LogP contribution in [0, 0.1) is 5.92 Å². The molecule has 0 radical (unpaired) electrons. The molecular weight excluding hydrogens is 274 g/mol. The van der Waals surface area contributed by atoms with E-state index in [1.54, 1.807) is 28.6 Å². The molecule has 1 aliphatic rings. The van der Waals surface area contributed by atoms with Crippen LogP contribution in [-0.4, -0.2) is 30.9 Å². The Balaban J connectivity index is 2.00. The van der Waals surface area contributed by atoms with Crippen molar-refractivity contribution < 1.29 is 13.5 Å². The largest absolute Gasteiger partial charge is 0.392 e. The lowest BCUT2D eigenvalue weighted by atomic mass is 10.0. The Morgan fingerprint density at radius 1 is 1.25 bits per heavy atom. The first-order valence-corrected chi connectivity index (χ1v) is 8.82. The second kappa shape index (κ2) is 6.70. The molecule has 0 bridgehead atoms. The molecule has 20 heavy (non-hydrogen) atoms. The molecule has 2 rings (SSSR count). The topological polar surface area (TPSA) is 57.6 Å². The van der Waals surface area contributed by atoms with E-state index in [0.717, 1.165) is 30.4 Å². The summed E-state index contributed by atoms with van der Waals surface area (Å²) in [6.07, 6.45) is 3.20. The van der Waals surface area contributed by atoms with Crippen molar-refractivity contribution in [1.29, 1.82) is 0 Å². The van der Waals surface area contributed by atoms with E-state index in [-0.39, 0.29) is 12.4 Å². The zero-order valence-electron chi connectivity index (χ0n) is 12.0. The van der Waals surface area contributed by atoms with Gasteiger partial charge in [0.25, 0.3) is 0 Å². The number of aliphatic hydroxyl groups is 1. The summed E-state index contributed by atoms with van der Waals surface area (Å²) in [6, 6.07) is 7.11. The summed E-state index contributed by atoms with van der Waals surface area (Å²) in [6.45, 7) is 3.45. The molecule has 1 saturated heterocycles. The van der Waals surface area contributed by atoms with Crippen LogP contribution in [0.2, 0.25) is 0 Å². The zero-order chi connectivity index (χ0) is 14.6. The van der Waals surface area contributed by atoms with Crippen LogP contribution >= 0.6 is 0 Å². The highest BCUT2D eigenvalue weighted by Gasteiger charge is 2.30. The number of hydrogen-bond donors (Lipinski definition) is 1. The van der Waals surface area contributed by atoms with Crippen molar-refractivity contribution in [1.82, 2.24) is 4.31 Å². The van der Waals surface area contributed by atoms with Crippen LogP contribution in [0.15, 0.2) is 24.3 Å². The van der Waals surface area contributed by atoms with Gasteiger partial charge in [0.1, 0.15) is 0 Å². The standard InChI is InChI=1S/C15H23NO3S/c1-2-3-13-8-9-16(10-13)20(18,19)12-15-6-4-14(11-17)5-7-15/h4-7,13,17H,2-3,8-12H2,1H3. The third kappa shape index (κ3) is 3.81. The Morgan fingerprint density at radius 2 is 1.90 bits per heavy atom. The van der Waals surface area contributed by atoms with Crippen LogP contribution in [0.4, 0.5) is 0 Å². The van der Waals surface area contributed by atoms with Crippen molar-refractivity contribution in [2.45, 2.75) is 38.5 Å². The summed E-state index contributed by atoms with van der Waals surface area (Å²) < 4.78 is 26.4. The Kier molecular flexibility index (Phi) is 5.18. The molecule has 1 atom stereocenters. The van der Waals surface area contributed by atoms with Crippen LogP contribution in [0.3, 0.4) is 0 Å². The molecule has 1 N–H and O–H groups in total. The highest BCUT2D eigenvalue weighted by atomic mass is 32.2. The molecule has 4 nitrogen and oxygen atoms in total. The maximum absolute atomic E-state index is 12.4. The fourth-order valence-corrected chi connectivity index (χ4v) is 4.35. The van der Waals surface area contributed by atoms with Crippen molar-refractivity contribution in [3.05, 3.63) is 35.4 Å². The number of sulfonamides is 1. The molecule has 5 heteroatoms. The van der Waals surface area contributed by atoms with Crippen molar-refractivity contribution in [2.75, 3.05) is 13.1 Å². The minimum absolute atomic E-state index is 0.0160. The molecule has 1 aromatic rings. The molecule has 0 saturated carbocycles. The Hall–Kier alpha value is -0.910. The molecular formula is C15H23NO3S. The first-order valence-electron chi connectivity index (χ1n) is 7.21. The van der Waals surface area contributed by atoms with E-state index < -0.39 is 10.0 Å². The maximum Gasteiger partial charge on any atom is 0.218 e. The van der Waals surface area contributed by atoms with E-state index in [0.29, 0.717) is 19.0 Å². The maximum atomic E-state index is 12.4. The predicted molar refractivity (Wildman–Crippen MR) is 79.6 cm³/mol. The van der Waals surface area contributed by atoms with E-state index in [1.807, 2.05) is 0 Å². The van der Waals surface area contributed by atoms with Gasteiger partial charge in [0.15, 0.2) is 0 Å². The molecule has 0 amide bonds. The van der Waals surface area contributed by atoms with Gasteiger partial charge in [0.05, 0.1) is 12.4 Å². The highest BCUT2D eigenvalue weighted by Crippen LogP contribution is 2.25. The fraction of sp³-hybridized carbons (Fsp3) is 0.600. The number of hydrogen-bond acceptors (Lipinski definition) is 3. The monoisotopic (exact) mass is 297 g/mol. The SMILES string of the molecule is CCCC1CCN(S(=O)(=O)Cc2ccc(CO)cc2)C1. The predicted octanol–water partition coefficient (Wildman–Crippen LogP) is 2.13. The van der Waals surface area contributed by atoms with Crippen LogP contribution in [0.1, 0.15) is 37.3 Å². The summed E-state index contributed by atoms with van der Waals surface area (Å²) in [5.74, 6) is 0.573. The minimum Gasteiger partial charge on any atom is -0.392 e. The van der Waals surface area contributed by atoms with Crippen molar-refractivity contribution >= 4 is 10.0 Å². The number of aliphatic hydroxyl groups excluding tert-OH is 1. The lowest BCUT2D eigenvalue weighted by molar-refractivity contribution is 0.282. The van der Waals surface area contributed by atoms with Crippen LogP contribution in [0.25, 0.3) is 0 Å². The smallest absolute Gasteiger partial charge is 0.218 e. The second-order valence-corrected chi connectivity index (χ2v) is 7.50. The van der Waals surface area contributed by atoms with Gasteiger partial charge in [0.2, 0.25) is 10.0 Å². The lowest BCUT2D eigenvalue weighted by Crippen LogP contribution is -2.30. The summed E-state index contributed by atoms with van der Waals surface area (Å²) in [7, 11) is -3.21. The minimum atomic E-state index is -3.21. The molecule has 1 heterocycles. The third-order valence-corrected chi connectivity index (χ3v) is 5.71. The van der Waals surface area contributed by atoms with Crippen molar-refractivity contribution in [2.24, 2.45) is 5.92 Å². The van der Waals surface area contributed by atoms with Gasteiger partial charge in [-0.05, 0) is 29.9 Å². The van der Waals surface area contributed by atoms with Gasteiger partial charge < -0.3 is 5.11 Å². The van der Waals surface area contributed by atoms with E-state index in [2.05, 4.69) is 6.92 Å². The van der Waals surface area contributed by atoms with E-state index in [9.17, 15) is 8.42 Å². The summed E-state index contributed by atoms with van der Waals surface area (Å²) in [5, 5.41) is 8.99. The van der Waals surface area contributed by atoms with Crippen LogP contribution in [-0.2, 0) is 22.4 Å². The Morgan fingerprint density at radius 3 is 2.50 bits per heavy atom. The van der Waals surface area contributed by atoms with Gasteiger partial charge in [-0.1, -0.05) is 37.6 Å². The van der Waals surface area contributed by atoms with Gasteiger partial charge in [-0.3, -0.25) is 0 Å². The fourth-order valence-electron chi connectivity index (χ4n) is 2.74. The number of nitrogens with zero attached hydrogens (tertiary/aromatic N) is 1. The average molecular weight is 297 g/mol. The number of benzene rings is 1. The molecule has 1 fully saturated rings. The lowest BCUT2D eigenvalue weighted by Gasteiger charge is -2.16. The van der Waals surface area contributed by atoms with Gasteiger partial charge in [-0.2, -0.15) is 0 Å². The summed E-state index contributed by atoms with van der Waals surface area (Å²) >= 11 is 0. The zero-order valence-corrected chi connectivity index (χ0v) is 12.8. The summed E-state index contributed by atoms with van der Waals surface area (Å²) in [4.78, 5) is 0. The van der Waals surface area contributed by atoms with Crippen molar-refractivity contribution in [3.8, 4) is 0 Å². The van der Waals surface area contributed by atoms with Gasteiger partial charge in [-0.15, -0.1) is 0 Å². The van der Waals surface area contributed by atoms with E-state index in [4.69, 9.17) is 5.11 Å². The first kappa shape index (κ1) is 15.5. The van der Waals surface area contributed by atoms with Gasteiger partial charge >= 0.3 is 0 Å². The molecule has 0 spiro atoms. The molecule has 1 unspecified atom stereocenters. The normalized spacial score (nSPS) is 20.4. The van der Waals surface area contributed by atoms with Crippen LogP contribution < -0.4 is 0 Å². The van der Waals surface area contributed by atoms with Gasteiger partial charge in [0, 0.05) is 13.1 Å². The van der Waals surface area contributed by atoms with Crippen LogP contribution in [0.5, 0.6) is 0 Å². The number of rotatable bonds is 6. The third-order valence-electron chi connectivity index (χ3n) is 3.89. The second-order valence-electron chi connectivity index (χ2n) is 5.53. The van der Waals surface area contributed by atoms with E-state index >= 15 is 0 Å². The molecule has 0 aliphatic carbocycles. The molecule has 1 aromatic carbocycles. The summed E-state index contributed by atoms with van der Waals surface area (Å²) in [5.41, 5.74) is 1.58. The van der Waals surface area contributed by atoms with Gasteiger partial charge in [-0.25, -0.2) is 12.7 Å². The Bertz CT molecular complexity index is 525. The highest BCUT2D eigenvalue weighted by molar-refractivity contribution is 7.88. The molecule has 0 aromatic heterocycles. The van der Waals surface area contributed by atoms with E-state index in [1.165, 1.54) is 0 Å². The quantitative estimate of drug-likeness (QED) is 0.875. The average Bonchev–Trinajstić information content (AvgIpc) is 2.89. The Labute approximate surface area is 121 Å².